The topological polar surface area (TPSA) is 92.6 Å². The lowest BCUT2D eigenvalue weighted by atomic mass is 10.1. The molecule has 0 aromatic heterocycles. The third kappa shape index (κ3) is 4.55. The molecule has 0 aliphatic rings. The molecule has 0 aliphatic carbocycles. The van der Waals surface area contributed by atoms with Crippen molar-refractivity contribution in [3.63, 3.8) is 0 Å². The molecule has 19 heavy (non-hydrogen) atoms. The number of halogens is 1. The Morgan fingerprint density at radius 1 is 1.58 bits per heavy atom. The second-order valence-corrected chi connectivity index (χ2v) is 3.84. The van der Waals surface area contributed by atoms with Gasteiger partial charge >= 0.3 is 6.09 Å². The molecule has 7 nitrogen and oxygen atoms in total. The minimum atomic E-state index is -0.914. The van der Waals surface area contributed by atoms with Crippen molar-refractivity contribution in [2.24, 2.45) is 21.2 Å². The Morgan fingerprint density at radius 3 is 2.79 bits per heavy atom. The Morgan fingerprint density at radius 2 is 2.26 bits per heavy atom. The molecule has 1 aromatic rings. The molecular formula is C11H14ClN5O2. The zero-order valence-electron chi connectivity index (χ0n) is 10.4. The number of benzene rings is 1. The lowest BCUT2D eigenvalue weighted by Crippen LogP contribution is -2.25. The summed E-state index contributed by atoms with van der Waals surface area (Å²) in [6.07, 6.45) is -1.63. The van der Waals surface area contributed by atoms with Crippen molar-refractivity contribution in [3.8, 4) is 0 Å². The van der Waals surface area contributed by atoms with E-state index in [1.807, 2.05) is 0 Å². The van der Waals surface area contributed by atoms with Crippen molar-refractivity contribution in [2.75, 3.05) is 13.6 Å². The summed E-state index contributed by atoms with van der Waals surface area (Å²) in [4.78, 5) is 11.0. The van der Waals surface area contributed by atoms with Crippen LogP contribution >= 0.6 is 11.6 Å². The summed E-state index contributed by atoms with van der Waals surface area (Å²) in [5.74, 6) is 0. The van der Waals surface area contributed by atoms with Gasteiger partial charge in [0.2, 0.25) is 0 Å². The molecule has 0 unspecified atom stereocenters. The van der Waals surface area contributed by atoms with Gasteiger partial charge in [0.05, 0.1) is 7.05 Å². The van der Waals surface area contributed by atoms with Crippen LogP contribution in [0.15, 0.2) is 39.7 Å². The second kappa shape index (κ2) is 7.32. The molecule has 0 fully saturated rings. The Bertz CT molecular complexity index is 480. The van der Waals surface area contributed by atoms with Crippen molar-refractivity contribution in [2.45, 2.75) is 6.10 Å². The number of hydrogen-bond acceptors (Lipinski definition) is 5. The van der Waals surface area contributed by atoms with Crippen LogP contribution in [0, 0.1) is 0 Å². The van der Waals surface area contributed by atoms with Gasteiger partial charge in [-0.3, -0.25) is 0 Å². The van der Waals surface area contributed by atoms with Crippen LogP contribution in [-0.2, 0) is 4.74 Å². The van der Waals surface area contributed by atoms with Crippen molar-refractivity contribution >= 4 is 24.4 Å². The van der Waals surface area contributed by atoms with Crippen molar-refractivity contribution < 1.29 is 9.53 Å². The average molecular weight is 284 g/mol. The maximum absolute atomic E-state index is 11.0. The van der Waals surface area contributed by atoms with Gasteiger partial charge in [-0.05, 0) is 6.07 Å². The summed E-state index contributed by atoms with van der Waals surface area (Å²) in [5, 5.41) is 12.5. The van der Waals surface area contributed by atoms with Crippen molar-refractivity contribution in [1.29, 1.82) is 0 Å². The van der Waals surface area contributed by atoms with Gasteiger partial charge in [0, 0.05) is 17.3 Å². The van der Waals surface area contributed by atoms with Crippen LogP contribution in [0.2, 0.25) is 5.02 Å². The van der Waals surface area contributed by atoms with Crippen LogP contribution in [-0.4, -0.2) is 31.5 Å². The fourth-order valence-corrected chi connectivity index (χ4v) is 1.71. The number of hydrogen-bond donors (Lipinski definition) is 1. The van der Waals surface area contributed by atoms with Crippen LogP contribution in [0.4, 0.5) is 4.79 Å². The Labute approximate surface area is 115 Å². The molecule has 102 valence electrons. The first-order valence-corrected chi connectivity index (χ1v) is 5.70. The number of carbonyl (C=O) groups is 1. The summed E-state index contributed by atoms with van der Waals surface area (Å²) in [6, 6.07) is 6.94. The number of amides is 1. The van der Waals surface area contributed by atoms with Gasteiger partial charge in [0.15, 0.2) is 6.10 Å². The average Bonchev–Trinajstić information content (AvgIpc) is 2.37. The minimum Gasteiger partial charge on any atom is -0.439 e. The molecule has 1 amide bonds. The van der Waals surface area contributed by atoms with Gasteiger partial charge in [-0.2, -0.15) is 15.3 Å². The maximum atomic E-state index is 11.0. The van der Waals surface area contributed by atoms with Gasteiger partial charge < -0.3 is 10.5 Å². The molecule has 0 saturated heterocycles. The van der Waals surface area contributed by atoms with Gasteiger partial charge in [0.1, 0.15) is 6.54 Å². The first-order valence-electron chi connectivity index (χ1n) is 5.33. The van der Waals surface area contributed by atoms with E-state index < -0.39 is 12.2 Å². The number of carbonyl (C=O) groups excluding carboxylic acids is 1. The minimum absolute atomic E-state index is 0.105. The molecule has 1 atom stereocenters. The fourth-order valence-electron chi connectivity index (χ4n) is 1.45. The van der Waals surface area contributed by atoms with Gasteiger partial charge in [-0.25, -0.2) is 4.79 Å². The van der Waals surface area contributed by atoms with E-state index in [1.165, 1.54) is 12.2 Å². The first-order chi connectivity index (χ1) is 9.08. The largest absolute Gasteiger partial charge is 0.439 e. The molecule has 0 aliphatic heterocycles. The normalized spacial score (nSPS) is 12.1. The molecule has 0 bridgehead atoms. The molecule has 0 radical (unpaired) electrons. The summed E-state index contributed by atoms with van der Waals surface area (Å²) < 4.78 is 5.02. The van der Waals surface area contributed by atoms with E-state index >= 15 is 0 Å². The Hall–Kier alpha value is -2.15. The molecule has 0 saturated carbocycles. The van der Waals surface area contributed by atoms with E-state index in [-0.39, 0.29) is 6.54 Å². The van der Waals surface area contributed by atoms with Crippen LogP contribution in [0.5, 0.6) is 0 Å². The molecule has 2 N–H and O–H groups in total. The molecule has 0 spiro atoms. The predicted octanol–water partition coefficient (Wildman–Crippen LogP) is 2.39. The quantitative estimate of drug-likeness (QED) is 0.493. The molecule has 8 heteroatoms. The van der Waals surface area contributed by atoms with Crippen LogP contribution in [0.3, 0.4) is 0 Å². The SMILES string of the molecule is C=NN(C[C@H](OC(N)=O)c1ccccc1Cl)N=NC. The first kappa shape index (κ1) is 14.9. The zero-order chi connectivity index (χ0) is 14.3. The lowest BCUT2D eigenvalue weighted by Gasteiger charge is -2.21. The highest BCUT2D eigenvalue weighted by atomic mass is 35.5. The number of ether oxygens (including phenoxy) is 1. The van der Waals surface area contributed by atoms with Gasteiger partial charge in [0.25, 0.3) is 0 Å². The summed E-state index contributed by atoms with van der Waals surface area (Å²) in [6.45, 7) is 3.45. The number of nitrogens with zero attached hydrogens (tertiary/aromatic N) is 4. The van der Waals surface area contributed by atoms with Crippen LogP contribution in [0.1, 0.15) is 11.7 Å². The van der Waals surface area contributed by atoms with Crippen LogP contribution in [0.25, 0.3) is 0 Å². The van der Waals surface area contributed by atoms with Crippen molar-refractivity contribution in [3.05, 3.63) is 34.9 Å². The third-order valence-electron chi connectivity index (χ3n) is 2.20. The third-order valence-corrected chi connectivity index (χ3v) is 2.54. The number of hydrazone groups is 1. The number of nitrogens with two attached hydrogens (primary N) is 1. The Balaban J connectivity index is 2.98. The van der Waals surface area contributed by atoms with Gasteiger partial charge in [-0.1, -0.05) is 35.0 Å². The predicted molar refractivity (Wildman–Crippen MR) is 71.9 cm³/mol. The van der Waals surface area contributed by atoms with E-state index in [9.17, 15) is 4.79 Å². The highest BCUT2D eigenvalue weighted by Gasteiger charge is 2.21. The van der Waals surface area contributed by atoms with Crippen LogP contribution < -0.4 is 5.73 Å². The van der Waals surface area contributed by atoms with E-state index in [0.29, 0.717) is 10.6 Å². The number of rotatable bonds is 6. The molecule has 0 heterocycles. The number of primary amides is 1. The Kier molecular flexibility index (Phi) is 5.74. The summed E-state index contributed by atoms with van der Waals surface area (Å²) in [7, 11) is 1.48. The zero-order valence-corrected chi connectivity index (χ0v) is 11.1. The molecular weight excluding hydrogens is 270 g/mol. The monoisotopic (exact) mass is 283 g/mol. The smallest absolute Gasteiger partial charge is 0.405 e. The van der Waals surface area contributed by atoms with Crippen molar-refractivity contribution in [1.82, 2.24) is 5.12 Å². The van der Waals surface area contributed by atoms with E-state index in [4.69, 9.17) is 22.1 Å². The van der Waals surface area contributed by atoms with Gasteiger partial charge in [-0.15, -0.1) is 0 Å². The summed E-state index contributed by atoms with van der Waals surface area (Å²) >= 11 is 6.06. The fraction of sp³-hybridized carbons (Fsp3) is 0.273. The highest BCUT2D eigenvalue weighted by Crippen LogP contribution is 2.26. The van der Waals surface area contributed by atoms with E-state index in [0.717, 1.165) is 0 Å². The molecule has 1 rings (SSSR count). The maximum Gasteiger partial charge on any atom is 0.405 e. The highest BCUT2D eigenvalue weighted by molar-refractivity contribution is 6.31. The molecule has 1 aromatic carbocycles. The van der Waals surface area contributed by atoms with E-state index in [1.54, 1.807) is 24.3 Å². The second-order valence-electron chi connectivity index (χ2n) is 3.43. The van der Waals surface area contributed by atoms with E-state index in [2.05, 4.69) is 22.2 Å². The lowest BCUT2D eigenvalue weighted by molar-refractivity contribution is 0.0756. The standard InChI is InChI=1S/C11H14ClN5O2/c1-14-16-17(15-2)7-10(19-11(13)18)8-5-3-4-6-9(8)12/h3-6,10H,2,7H2,1H3,(H2,13,18)/t10-/m0/s1. The summed E-state index contributed by atoms with van der Waals surface area (Å²) in [5.41, 5.74) is 5.65.